The molecule has 2 aromatic rings. The number of hydrogen-bond donors (Lipinski definition) is 1. The number of piperidine rings is 1. The van der Waals surface area contributed by atoms with Crippen LogP contribution in [-0.4, -0.2) is 41.6 Å². The van der Waals surface area contributed by atoms with E-state index >= 15 is 0 Å². The largest absolute Gasteiger partial charge is 0.496 e. The molecule has 0 bridgehead atoms. The van der Waals surface area contributed by atoms with Crippen molar-refractivity contribution in [2.45, 2.75) is 32.6 Å². The summed E-state index contributed by atoms with van der Waals surface area (Å²) in [5.74, 6) is 2.00. The van der Waals surface area contributed by atoms with Crippen LogP contribution < -0.4 is 10.3 Å². The predicted molar refractivity (Wildman–Crippen MR) is 105 cm³/mol. The second-order valence-electron chi connectivity index (χ2n) is 6.90. The van der Waals surface area contributed by atoms with Crippen molar-refractivity contribution in [3.8, 4) is 5.75 Å². The van der Waals surface area contributed by atoms with Gasteiger partial charge in [0.05, 0.1) is 7.11 Å². The van der Waals surface area contributed by atoms with Gasteiger partial charge in [0.25, 0.3) is 5.56 Å². The zero-order valence-corrected chi connectivity index (χ0v) is 15.8. The number of likely N-dealkylation sites (tertiary alicyclic amines) is 1. The van der Waals surface area contributed by atoms with Crippen molar-refractivity contribution < 1.29 is 4.74 Å². The van der Waals surface area contributed by atoms with Gasteiger partial charge in [-0.3, -0.25) is 9.69 Å². The monoisotopic (exact) mass is 353 g/mol. The smallest absolute Gasteiger partial charge is 0.254 e. The molecule has 1 fully saturated rings. The molecule has 26 heavy (non-hydrogen) atoms. The second-order valence-corrected chi connectivity index (χ2v) is 6.90. The summed E-state index contributed by atoms with van der Waals surface area (Å²) < 4.78 is 5.39. The zero-order chi connectivity index (χ0) is 18.5. The summed E-state index contributed by atoms with van der Waals surface area (Å²) in [5.41, 5.74) is 2.61. The van der Waals surface area contributed by atoms with Gasteiger partial charge in [-0.25, -0.2) is 4.98 Å². The number of H-pyrrole nitrogens is 1. The minimum absolute atomic E-state index is 0.0132. The number of rotatable bonds is 5. The van der Waals surface area contributed by atoms with Crippen LogP contribution in [0.2, 0.25) is 0 Å². The number of para-hydroxylation sites is 1. The molecule has 5 heteroatoms. The van der Waals surface area contributed by atoms with Crippen LogP contribution in [0.15, 0.2) is 35.1 Å². The highest BCUT2D eigenvalue weighted by Gasteiger charge is 2.23. The third kappa shape index (κ3) is 4.22. The lowest BCUT2D eigenvalue weighted by molar-refractivity contribution is 0.223. The maximum absolute atomic E-state index is 12.0. The van der Waals surface area contributed by atoms with Crippen molar-refractivity contribution in [2.75, 3.05) is 26.7 Å². The highest BCUT2D eigenvalue weighted by molar-refractivity contribution is 5.57. The van der Waals surface area contributed by atoms with E-state index in [1.54, 1.807) is 7.11 Å². The molecule has 0 saturated carbocycles. The zero-order valence-electron chi connectivity index (χ0n) is 15.8. The van der Waals surface area contributed by atoms with Gasteiger partial charge in [0.1, 0.15) is 11.6 Å². The van der Waals surface area contributed by atoms with E-state index in [2.05, 4.69) is 33.1 Å². The van der Waals surface area contributed by atoms with Crippen molar-refractivity contribution in [3.05, 3.63) is 63.3 Å². The molecule has 0 amide bonds. The molecule has 0 radical (unpaired) electrons. The average molecular weight is 353 g/mol. The van der Waals surface area contributed by atoms with Crippen molar-refractivity contribution in [3.63, 3.8) is 0 Å². The molecule has 1 atom stereocenters. The Hall–Kier alpha value is -2.40. The van der Waals surface area contributed by atoms with Gasteiger partial charge in [-0.15, -0.1) is 0 Å². The van der Waals surface area contributed by atoms with E-state index in [4.69, 9.17) is 4.74 Å². The fourth-order valence-corrected chi connectivity index (χ4v) is 3.44. The third-order valence-electron chi connectivity index (χ3n) is 5.11. The molecule has 1 aliphatic heterocycles. The van der Waals surface area contributed by atoms with E-state index < -0.39 is 0 Å². The van der Waals surface area contributed by atoms with Gasteiger partial charge in [-0.05, 0) is 39.3 Å². The molecule has 0 unspecified atom stereocenters. The Morgan fingerprint density at radius 1 is 1.35 bits per heavy atom. The van der Waals surface area contributed by atoms with Gasteiger partial charge in [-0.2, -0.15) is 0 Å². The second kappa shape index (κ2) is 8.32. The molecule has 1 saturated heterocycles. The summed E-state index contributed by atoms with van der Waals surface area (Å²) in [6.07, 6.45) is 6.47. The highest BCUT2D eigenvalue weighted by atomic mass is 16.5. The first-order valence-electron chi connectivity index (χ1n) is 9.18. The summed E-state index contributed by atoms with van der Waals surface area (Å²) in [7, 11) is 1.69. The van der Waals surface area contributed by atoms with Gasteiger partial charge in [0, 0.05) is 35.8 Å². The number of ether oxygens (including phenoxy) is 1. The van der Waals surface area contributed by atoms with E-state index in [-0.39, 0.29) is 11.5 Å². The SMILES string of the molecule is COc1ccccc1/C=C/CN1CCC[C@@H](c2nc(C)c(C)c(=O)[nH]2)C1. The standard InChI is InChI=1S/C21H27N3O2/c1-15-16(2)22-20(23-21(15)25)18-10-7-13-24(14-18)12-6-9-17-8-4-5-11-19(17)26-3/h4-6,8-9,11,18H,7,10,12-14H2,1-3H3,(H,22,23,25)/b9-6+/t18-/m1/s1. The van der Waals surface area contributed by atoms with E-state index in [1.807, 2.05) is 32.0 Å². The summed E-state index contributed by atoms with van der Waals surface area (Å²) >= 11 is 0. The Bertz CT molecular complexity index is 841. The Labute approximate surface area is 154 Å². The molecule has 3 rings (SSSR count). The fourth-order valence-electron chi connectivity index (χ4n) is 3.44. The third-order valence-corrected chi connectivity index (χ3v) is 5.11. The maximum atomic E-state index is 12.0. The Morgan fingerprint density at radius 3 is 2.92 bits per heavy atom. The van der Waals surface area contributed by atoms with Gasteiger partial charge in [-0.1, -0.05) is 30.4 Å². The lowest BCUT2D eigenvalue weighted by Gasteiger charge is -2.31. The molecule has 138 valence electrons. The van der Waals surface area contributed by atoms with Crippen molar-refractivity contribution >= 4 is 6.08 Å². The molecular weight excluding hydrogens is 326 g/mol. The molecule has 0 aliphatic carbocycles. The molecule has 1 aliphatic rings. The number of nitrogens with zero attached hydrogens (tertiary/aromatic N) is 2. The maximum Gasteiger partial charge on any atom is 0.254 e. The minimum Gasteiger partial charge on any atom is -0.496 e. The number of nitrogens with one attached hydrogen (secondary N) is 1. The van der Waals surface area contributed by atoms with Gasteiger partial charge in [0.2, 0.25) is 0 Å². The Kier molecular flexibility index (Phi) is 5.89. The number of hydrogen-bond acceptors (Lipinski definition) is 4. The number of benzene rings is 1. The predicted octanol–water partition coefficient (Wildman–Crippen LogP) is 3.29. The fraction of sp³-hybridized carbons (Fsp3) is 0.429. The summed E-state index contributed by atoms with van der Waals surface area (Å²) in [4.78, 5) is 22.1. The van der Waals surface area contributed by atoms with E-state index in [1.165, 1.54) is 0 Å². The van der Waals surface area contributed by atoms with Crippen LogP contribution in [-0.2, 0) is 0 Å². The van der Waals surface area contributed by atoms with E-state index in [0.717, 1.165) is 55.3 Å². The minimum atomic E-state index is -0.0132. The van der Waals surface area contributed by atoms with Crippen LogP contribution in [0.4, 0.5) is 0 Å². The van der Waals surface area contributed by atoms with Gasteiger partial charge in [0.15, 0.2) is 0 Å². The number of aromatic nitrogens is 2. The van der Waals surface area contributed by atoms with Gasteiger partial charge >= 0.3 is 0 Å². The van der Waals surface area contributed by atoms with Crippen molar-refractivity contribution in [2.24, 2.45) is 0 Å². The molecular formula is C21H27N3O2. The summed E-state index contributed by atoms with van der Waals surface area (Å²) in [6, 6.07) is 8.01. The Balaban J connectivity index is 1.65. The first kappa shape index (κ1) is 18.4. The summed E-state index contributed by atoms with van der Waals surface area (Å²) in [6.45, 7) is 6.60. The number of aryl methyl sites for hydroxylation is 1. The van der Waals surface area contributed by atoms with Crippen LogP contribution in [0, 0.1) is 13.8 Å². The lowest BCUT2D eigenvalue weighted by atomic mass is 9.97. The van der Waals surface area contributed by atoms with Crippen LogP contribution in [0.25, 0.3) is 6.08 Å². The number of aromatic amines is 1. The molecule has 1 aromatic heterocycles. The lowest BCUT2D eigenvalue weighted by Crippen LogP contribution is -2.36. The average Bonchev–Trinajstić information content (AvgIpc) is 2.66. The van der Waals surface area contributed by atoms with Crippen molar-refractivity contribution in [1.29, 1.82) is 0 Å². The highest BCUT2D eigenvalue weighted by Crippen LogP contribution is 2.24. The molecule has 2 heterocycles. The quantitative estimate of drug-likeness (QED) is 0.896. The van der Waals surface area contributed by atoms with Crippen molar-refractivity contribution in [1.82, 2.24) is 14.9 Å². The van der Waals surface area contributed by atoms with Crippen LogP contribution in [0.5, 0.6) is 5.75 Å². The van der Waals surface area contributed by atoms with Gasteiger partial charge < -0.3 is 9.72 Å². The molecule has 0 spiro atoms. The van der Waals surface area contributed by atoms with Crippen LogP contribution >= 0.6 is 0 Å². The van der Waals surface area contributed by atoms with E-state index in [0.29, 0.717) is 5.56 Å². The van der Waals surface area contributed by atoms with Crippen LogP contribution in [0.1, 0.15) is 41.4 Å². The number of methoxy groups -OCH3 is 1. The summed E-state index contributed by atoms with van der Waals surface area (Å²) in [5, 5.41) is 0. The van der Waals surface area contributed by atoms with Crippen LogP contribution in [0.3, 0.4) is 0 Å². The first-order valence-corrected chi connectivity index (χ1v) is 9.18. The van der Waals surface area contributed by atoms with E-state index in [9.17, 15) is 4.79 Å². The first-order chi connectivity index (χ1) is 12.6. The molecule has 5 nitrogen and oxygen atoms in total. The topological polar surface area (TPSA) is 58.2 Å². The molecule has 1 N–H and O–H groups in total. The Morgan fingerprint density at radius 2 is 2.15 bits per heavy atom. The normalized spacial score (nSPS) is 18.3. The molecule has 1 aromatic carbocycles.